The normalized spacial score (nSPS) is 11.6. The van der Waals surface area contributed by atoms with Crippen LogP contribution in [-0.4, -0.2) is 6.04 Å². The fourth-order valence-electron chi connectivity index (χ4n) is 2.01. The molecule has 19 heavy (non-hydrogen) atoms. The lowest BCUT2D eigenvalue weighted by Gasteiger charge is -2.11. The molecule has 1 unspecified atom stereocenters. The quantitative estimate of drug-likeness (QED) is 0.426. The van der Waals surface area contributed by atoms with Crippen molar-refractivity contribution in [2.45, 2.75) is 18.9 Å². The predicted molar refractivity (Wildman–Crippen MR) is 78.2 cm³/mol. The van der Waals surface area contributed by atoms with Crippen molar-refractivity contribution in [3.05, 3.63) is 81.2 Å². The number of benzene rings is 2. The highest BCUT2D eigenvalue weighted by Gasteiger charge is 2.08. The highest BCUT2D eigenvalue weighted by molar-refractivity contribution is 6.30. The maximum Gasteiger partial charge on any atom is 0.0454 e. The fraction of sp³-hybridized carbons (Fsp3) is 0.200. The number of azide groups is 1. The summed E-state index contributed by atoms with van der Waals surface area (Å²) in [6.07, 6.45) is 1.46. The minimum absolute atomic E-state index is 0.0754. The highest BCUT2D eigenvalue weighted by Crippen LogP contribution is 2.15. The third-order valence-corrected chi connectivity index (χ3v) is 3.17. The molecule has 0 saturated carbocycles. The summed E-state index contributed by atoms with van der Waals surface area (Å²) in [4.78, 5) is 2.94. The number of hydrogen-bond donors (Lipinski definition) is 0. The standard InChI is InChI=1S/C15H14ClN3/c16-14-8-6-13(7-9-14)11-15(18-19-17)10-12-4-2-1-3-5-12/h1-9,15H,10-11H2. The van der Waals surface area contributed by atoms with E-state index in [-0.39, 0.29) is 6.04 Å². The molecule has 2 rings (SSSR count). The van der Waals surface area contributed by atoms with Crippen molar-refractivity contribution in [2.75, 3.05) is 0 Å². The van der Waals surface area contributed by atoms with Crippen molar-refractivity contribution in [1.82, 2.24) is 0 Å². The van der Waals surface area contributed by atoms with E-state index in [0.29, 0.717) is 5.02 Å². The van der Waals surface area contributed by atoms with Crippen molar-refractivity contribution in [2.24, 2.45) is 5.11 Å². The van der Waals surface area contributed by atoms with E-state index in [4.69, 9.17) is 17.1 Å². The van der Waals surface area contributed by atoms with Crippen molar-refractivity contribution < 1.29 is 0 Å². The van der Waals surface area contributed by atoms with Gasteiger partial charge in [-0.2, -0.15) is 0 Å². The molecule has 96 valence electrons. The summed E-state index contributed by atoms with van der Waals surface area (Å²) in [6.45, 7) is 0. The van der Waals surface area contributed by atoms with E-state index in [1.54, 1.807) is 0 Å². The van der Waals surface area contributed by atoms with E-state index in [9.17, 15) is 0 Å². The maximum absolute atomic E-state index is 8.67. The van der Waals surface area contributed by atoms with Crippen LogP contribution in [0.15, 0.2) is 59.7 Å². The Morgan fingerprint density at radius 3 is 2.11 bits per heavy atom. The predicted octanol–water partition coefficient (Wildman–Crippen LogP) is 4.80. The molecule has 0 aliphatic carbocycles. The molecule has 0 amide bonds. The lowest BCUT2D eigenvalue weighted by molar-refractivity contribution is 0.660. The highest BCUT2D eigenvalue weighted by atomic mass is 35.5. The van der Waals surface area contributed by atoms with Crippen LogP contribution in [0.4, 0.5) is 0 Å². The van der Waals surface area contributed by atoms with Crippen LogP contribution in [-0.2, 0) is 12.8 Å². The molecule has 0 aliphatic rings. The van der Waals surface area contributed by atoms with Crippen LogP contribution in [0.25, 0.3) is 10.4 Å². The van der Waals surface area contributed by atoms with E-state index < -0.39 is 0 Å². The van der Waals surface area contributed by atoms with E-state index >= 15 is 0 Å². The largest absolute Gasteiger partial charge is 0.0899 e. The molecule has 2 aromatic carbocycles. The Balaban J connectivity index is 2.08. The molecule has 0 fully saturated rings. The summed E-state index contributed by atoms with van der Waals surface area (Å²) in [7, 11) is 0. The molecule has 3 nitrogen and oxygen atoms in total. The Morgan fingerprint density at radius 1 is 0.947 bits per heavy atom. The average Bonchev–Trinajstić information content (AvgIpc) is 2.43. The molecule has 0 saturated heterocycles. The van der Waals surface area contributed by atoms with Gasteiger partial charge in [0.1, 0.15) is 0 Å². The Hall–Kier alpha value is -1.96. The van der Waals surface area contributed by atoms with Crippen LogP contribution >= 0.6 is 11.6 Å². The Kier molecular flexibility index (Phi) is 4.85. The molecule has 1 atom stereocenters. The lowest BCUT2D eigenvalue weighted by atomic mass is 10.00. The van der Waals surface area contributed by atoms with Gasteiger partial charge in [-0.1, -0.05) is 59.2 Å². The van der Waals surface area contributed by atoms with Crippen LogP contribution < -0.4 is 0 Å². The zero-order chi connectivity index (χ0) is 13.5. The van der Waals surface area contributed by atoms with Gasteiger partial charge >= 0.3 is 0 Å². The van der Waals surface area contributed by atoms with Crippen molar-refractivity contribution in [1.29, 1.82) is 0 Å². The number of rotatable bonds is 5. The van der Waals surface area contributed by atoms with Gasteiger partial charge in [-0.3, -0.25) is 0 Å². The van der Waals surface area contributed by atoms with Crippen LogP contribution in [0, 0.1) is 0 Å². The van der Waals surface area contributed by atoms with E-state index in [0.717, 1.165) is 18.4 Å². The zero-order valence-corrected chi connectivity index (χ0v) is 11.2. The second-order valence-corrected chi connectivity index (χ2v) is 4.82. The summed E-state index contributed by atoms with van der Waals surface area (Å²) in [6, 6.07) is 17.6. The van der Waals surface area contributed by atoms with Gasteiger partial charge in [0, 0.05) is 16.0 Å². The number of halogens is 1. The lowest BCUT2D eigenvalue weighted by Crippen LogP contribution is -2.11. The van der Waals surface area contributed by atoms with E-state index in [1.165, 1.54) is 5.56 Å². The van der Waals surface area contributed by atoms with Crippen LogP contribution in [0.1, 0.15) is 11.1 Å². The zero-order valence-electron chi connectivity index (χ0n) is 10.4. The van der Waals surface area contributed by atoms with E-state index in [2.05, 4.69) is 10.0 Å². The third-order valence-electron chi connectivity index (χ3n) is 2.91. The molecule has 0 N–H and O–H groups in total. The van der Waals surface area contributed by atoms with Gasteiger partial charge in [0.15, 0.2) is 0 Å². The van der Waals surface area contributed by atoms with Crippen molar-refractivity contribution in [3.63, 3.8) is 0 Å². The van der Waals surface area contributed by atoms with Gasteiger partial charge in [-0.25, -0.2) is 0 Å². The van der Waals surface area contributed by atoms with Crippen molar-refractivity contribution in [3.8, 4) is 0 Å². The second kappa shape index (κ2) is 6.83. The minimum Gasteiger partial charge on any atom is -0.0899 e. The van der Waals surface area contributed by atoms with Crippen LogP contribution in [0.5, 0.6) is 0 Å². The Morgan fingerprint density at radius 2 is 1.53 bits per heavy atom. The molecular weight excluding hydrogens is 258 g/mol. The fourth-order valence-corrected chi connectivity index (χ4v) is 2.13. The summed E-state index contributed by atoms with van der Waals surface area (Å²) >= 11 is 5.86. The molecule has 2 aromatic rings. The van der Waals surface area contributed by atoms with Gasteiger partial charge < -0.3 is 0 Å². The molecule has 0 aromatic heterocycles. The van der Waals surface area contributed by atoms with Crippen LogP contribution in [0.2, 0.25) is 5.02 Å². The molecule has 0 radical (unpaired) electrons. The molecule has 0 spiro atoms. The Labute approximate surface area is 117 Å². The molecule has 0 aliphatic heterocycles. The van der Waals surface area contributed by atoms with Crippen molar-refractivity contribution >= 4 is 11.6 Å². The second-order valence-electron chi connectivity index (χ2n) is 4.38. The number of hydrogen-bond acceptors (Lipinski definition) is 1. The topological polar surface area (TPSA) is 48.8 Å². The summed E-state index contributed by atoms with van der Waals surface area (Å²) in [5, 5.41) is 4.60. The van der Waals surface area contributed by atoms with Crippen LogP contribution in [0.3, 0.4) is 0 Å². The van der Waals surface area contributed by atoms with Gasteiger partial charge in [0.2, 0.25) is 0 Å². The van der Waals surface area contributed by atoms with Gasteiger partial charge in [0.05, 0.1) is 0 Å². The molecule has 0 bridgehead atoms. The SMILES string of the molecule is [N-]=[N+]=NC(Cc1ccccc1)Cc1ccc(Cl)cc1. The smallest absolute Gasteiger partial charge is 0.0454 e. The minimum atomic E-state index is -0.0754. The summed E-state index contributed by atoms with van der Waals surface area (Å²) in [5.41, 5.74) is 11.0. The first-order valence-corrected chi connectivity index (χ1v) is 6.48. The monoisotopic (exact) mass is 271 g/mol. The molecule has 0 heterocycles. The third kappa shape index (κ3) is 4.32. The first-order valence-electron chi connectivity index (χ1n) is 6.10. The van der Waals surface area contributed by atoms with E-state index in [1.807, 2.05) is 54.6 Å². The van der Waals surface area contributed by atoms with Gasteiger partial charge in [0.25, 0.3) is 0 Å². The summed E-state index contributed by atoms with van der Waals surface area (Å²) < 4.78 is 0. The first-order chi connectivity index (χ1) is 9.28. The average molecular weight is 272 g/mol. The molecular formula is C15H14ClN3. The Bertz CT molecular complexity index is 560. The first kappa shape index (κ1) is 13.5. The molecule has 4 heteroatoms. The van der Waals surface area contributed by atoms with Gasteiger partial charge in [-0.05, 0) is 41.6 Å². The maximum atomic E-state index is 8.67. The number of nitrogens with zero attached hydrogens (tertiary/aromatic N) is 3. The summed E-state index contributed by atoms with van der Waals surface area (Å²) in [5.74, 6) is 0. The van der Waals surface area contributed by atoms with Gasteiger partial charge in [-0.15, -0.1) is 0 Å².